The zero-order valence-electron chi connectivity index (χ0n) is 10.5. The van der Waals surface area contributed by atoms with Crippen molar-refractivity contribution in [3.8, 4) is 0 Å². The first-order valence-corrected chi connectivity index (χ1v) is 6.24. The highest BCUT2D eigenvalue weighted by Gasteiger charge is 2.37. The molecule has 2 atom stereocenters. The number of rotatable bonds is 3. The van der Waals surface area contributed by atoms with Gasteiger partial charge in [-0.25, -0.2) is 0 Å². The van der Waals surface area contributed by atoms with Crippen LogP contribution in [0.1, 0.15) is 63.2 Å². The summed E-state index contributed by atoms with van der Waals surface area (Å²) in [6, 6.07) is -0.542. The first kappa shape index (κ1) is 12.5. The van der Waals surface area contributed by atoms with Crippen molar-refractivity contribution in [3.63, 3.8) is 0 Å². The molecule has 1 aromatic rings. The average molecular weight is 239 g/mol. The fraction of sp³-hybridized carbons (Fsp3) is 0.833. The first-order valence-electron chi connectivity index (χ1n) is 6.24. The molecule has 1 aromatic heterocycles. The van der Waals surface area contributed by atoms with Crippen LogP contribution in [-0.4, -0.2) is 21.9 Å². The molecule has 0 radical (unpaired) electrons. The van der Waals surface area contributed by atoms with Gasteiger partial charge in [0.25, 0.3) is 0 Å². The normalized spacial score (nSPS) is 25.8. The molecule has 0 aromatic carbocycles. The standard InChI is InChI=1S/C12H21N3O2/c1-12(2)6-4-3-5-8(12)11-14-10(15-17-11)9(13)7-16/h8-9,16H,3-7,13H2,1-2H3. The molecule has 0 spiro atoms. The molecule has 0 aliphatic heterocycles. The van der Waals surface area contributed by atoms with Crippen LogP contribution in [-0.2, 0) is 0 Å². The summed E-state index contributed by atoms with van der Waals surface area (Å²) in [4.78, 5) is 4.34. The number of aliphatic hydroxyl groups is 1. The molecule has 0 bridgehead atoms. The van der Waals surface area contributed by atoms with Crippen molar-refractivity contribution < 1.29 is 9.63 Å². The molecule has 1 fully saturated rings. The molecular weight excluding hydrogens is 218 g/mol. The maximum absolute atomic E-state index is 8.96. The fourth-order valence-electron chi connectivity index (χ4n) is 2.57. The SMILES string of the molecule is CC1(C)CCCCC1c1nc(C(N)CO)no1. The van der Waals surface area contributed by atoms with Crippen molar-refractivity contribution >= 4 is 0 Å². The largest absolute Gasteiger partial charge is 0.394 e. The lowest BCUT2D eigenvalue weighted by atomic mass is 9.69. The van der Waals surface area contributed by atoms with Crippen molar-refractivity contribution in [3.05, 3.63) is 11.7 Å². The van der Waals surface area contributed by atoms with Gasteiger partial charge >= 0.3 is 0 Å². The number of hydrogen-bond acceptors (Lipinski definition) is 5. The smallest absolute Gasteiger partial charge is 0.230 e. The lowest BCUT2D eigenvalue weighted by Gasteiger charge is -2.36. The summed E-state index contributed by atoms with van der Waals surface area (Å²) in [5, 5.41) is 12.8. The Morgan fingerprint density at radius 1 is 1.53 bits per heavy atom. The first-order chi connectivity index (χ1) is 8.04. The molecule has 1 saturated carbocycles. The summed E-state index contributed by atoms with van der Waals surface area (Å²) in [6.07, 6.45) is 4.74. The summed E-state index contributed by atoms with van der Waals surface area (Å²) in [5.74, 6) is 1.39. The van der Waals surface area contributed by atoms with E-state index in [-0.39, 0.29) is 12.0 Å². The van der Waals surface area contributed by atoms with Gasteiger partial charge < -0.3 is 15.4 Å². The van der Waals surface area contributed by atoms with E-state index in [0.717, 1.165) is 6.42 Å². The minimum absolute atomic E-state index is 0.160. The monoisotopic (exact) mass is 239 g/mol. The molecule has 1 heterocycles. The molecule has 96 valence electrons. The van der Waals surface area contributed by atoms with Crippen LogP contribution in [0.5, 0.6) is 0 Å². The van der Waals surface area contributed by atoms with E-state index >= 15 is 0 Å². The van der Waals surface area contributed by atoms with Crippen molar-refractivity contribution in [2.75, 3.05) is 6.61 Å². The molecular formula is C12H21N3O2. The molecule has 5 nitrogen and oxygen atoms in total. The predicted molar refractivity (Wildman–Crippen MR) is 63.3 cm³/mol. The van der Waals surface area contributed by atoms with Gasteiger partial charge in [-0.05, 0) is 18.3 Å². The van der Waals surface area contributed by atoms with Gasteiger partial charge in [0.05, 0.1) is 12.6 Å². The second-order valence-corrected chi connectivity index (χ2v) is 5.57. The highest BCUT2D eigenvalue weighted by atomic mass is 16.5. The van der Waals surface area contributed by atoms with E-state index in [2.05, 4.69) is 24.0 Å². The quantitative estimate of drug-likeness (QED) is 0.839. The van der Waals surface area contributed by atoms with Crippen LogP contribution in [0.15, 0.2) is 4.52 Å². The summed E-state index contributed by atoms with van der Waals surface area (Å²) in [7, 11) is 0. The van der Waals surface area contributed by atoms with E-state index in [0.29, 0.717) is 17.6 Å². The average Bonchev–Trinajstić information content (AvgIpc) is 2.76. The molecule has 2 rings (SSSR count). The predicted octanol–water partition coefficient (Wildman–Crippen LogP) is 1.75. The van der Waals surface area contributed by atoms with Crippen molar-refractivity contribution in [1.82, 2.24) is 10.1 Å². The summed E-state index contributed by atoms with van der Waals surface area (Å²) in [5.41, 5.74) is 5.87. The Bertz CT molecular complexity index is 376. The summed E-state index contributed by atoms with van der Waals surface area (Å²) in [6.45, 7) is 4.33. The number of hydrogen-bond donors (Lipinski definition) is 2. The van der Waals surface area contributed by atoms with E-state index in [4.69, 9.17) is 15.4 Å². The zero-order valence-corrected chi connectivity index (χ0v) is 10.5. The molecule has 1 aliphatic rings. The van der Waals surface area contributed by atoms with E-state index in [1.807, 2.05) is 0 Å². The van der Waals surface area contributed by atoms with E-state index < -0.39 is 6.04 Å². The van der Waals surface area contributed by atoms with E-state index in [1.54, 1.807) is 0 Å². The van der Waals surface area contributed by atoms with Gasteiger partial charge in [0.1, 0.15) is 0 Å². The van der Waals surface area contributed by atoms with Crippen molar-refractivity contribution in [1.29, 1.82) is 0 Å². The van der Waals surface area contributed by atoms with Gasteiger partial charge in [0.2, 0.25) is 5.89 Å². The van der Waals surface area contributed by atoms with Crippen LogP contribution in [0.2, 0.25) is 0 Å². The lowest BCUT2D eigenvalue weighted by molar-refractivity contribution is 0.164. The van der Waals surface area contributed by atoms with Gasteiger partial charge in [-0.2, -0.15) is 4.98 Å². The van der Waals surface area contributed by atoms with Crippen LogP contribution in [0.3, 0.4) is 0 Å². The number of aliphatic hydroxyl groups excluding tert-OH is 1. The highest BCUT2D eigenvalue weighted by Crippen LogP contribution is 2.46. The molecule has 2 unspecified atom stereocenters. The van der Waals surface area contributed by atoms with Gasteiger partial charge in [0.15, 0.2) is 5.82 Å². The molecule has 0 amide bonds. The Morgan fingerprint density at radius 3 is 2.94 bits per heavy atom. The molecule has 17 heavy (non-hydrogen) atoms. The van der Waals surface area contributed by atoms with Crippen LogP contribution < -0.4 is 5.73 Å². The Kier molecular flexibility index (Phi) is 3.49. The minimum Gasteiger partial charge on any atom is -0.394 e. The van der Waals surface area contributed by atoms with Crippen molar-refractivity contribution in [2.45, 2.75) is 51.5 Å². The molecule has 1 aliphatic carbocycles. The third-order valence-electron chi connectivity index (χ3n) is 3.79. The Hall–Kier alpha value is -0.940. The third kappa shape index (κ3) is 2.50. The maximum atomic E-state index is 8.96. The fourth-order valence-corrected chi connectivity index (χ4v) is 2.57. The molecule has 3 N–H and O–H groups in total. The molecule has 5 heteroatoms. The van der Waals surface area contributed by atoms with E-state index in [9.17, 15) is 0 Å². The van der Waals surface area contributed by atoms with Crippen LogP contribution >= 0.6 is 0 Å². The maximum Gasteiger partial charge on any atom is 0.230 e. The number of nitrogens with zero attached hydrogens (tertiary/aromatic N) is 2. The van der Waals surface area contributed by atoms with Gasteiger partial charge in [0, 0.05) is 5.92 Å². The van der Waals surface area contributed by atoms with Gasteiger partial charge in [-0.3, -0.25) is 0 Å². The Morgan fingerprint density at radius 2 is 2.29 bits per heavy atom. The highest BCUT2D eigenvalue weighted by molar-refractivity contribution is 5.04. The van der Waals surface area contributed by atoms with Gasteiger partial charge in [-0.15, -0.1) is 0 Å². The third-order valence-corrected chi connectivity index (χ3v) is 3.79. The minimum atomic E-state index is -0.542. The van der Waals surface area contributed by atoms with E-state index in [1.165, 1.54) is 19.3 Å². The Balaban J connectivity index is 2.18. The summed E-state index contributed by atoms with van der Waals surface area (Å²) >= 11 is 0. The molecule has 0 saturated heterocycles. The van der Waals surface area contributed by atoms with Crippen LogP contribution in [0, 0.1) is 5.41 Å². The summed E-state index contributed by atoms with van der Waals surface area (Å²) < 4.78 is 5.31. The number of aromatic nitrogens is 2. The van der Waals surface area contributed by atoms with Gasteiger partial charge in [-0.1, -0.05) is 31.8 Å². The second-order valence-electron chi connectivity index (χ2n) is 5.57. The zero-order chi connectivity index (χ0) is 12.5. The van der Waals surface area contributed by atoms with Crippen molar-refractivity contribution in [2.24, 2.45) is 11.1 Å². The Labute approximate surface area is 101 Å². The number of nitrogens with two attached hydrogens (primary N) is 1. The van der Waals surface area contributed by atoms with Crippen LogP contribution in [0.25, 0.3) is 0 Å². The second kappa shape index (κ2) is 4.74. The topological polar surface area (TPSA) is 85.2 Å². The lowest BCUT2D eigenvalue weighted by Crippen LogP contribution is -2.26. The van der Waals surface area contributed by atoms with Crippen LogP contribution in [0.4, 0.5) is 0 Å².